The second-order valence-corrected chi connectivity index (χ2v) is 3.97. The van der Waals surface area contributed by atoms with Crippen LogP contribution in [0.15, 0.2) is 18.2 Å². The summed E-state index contributed by atoms with van der Waals surface area (Å²) in [6, 6.07) is 5.24. The van der Waals surface area contributed by atoms with E-state index in [-0.39, 0.29) is 18.3 Å². The SMILES string of the molecule is Cc1cc(OCC=O)ccc1C(=O)C(C)C. The lowest BCUT2D eigenvalue weighted by atomic mass is 9.97. The molecule has 0 saturated carbocycles. The molecule has 1 aromatic rings. The zero-order valence-electron chi connectivity index (χ0n) is 9.82. The summed E-state index contributed by atoms with van der Waals surface area (Å²) in [4.78, 5) is 21.9. The van der Waals surface area contributed by atoms with Gasteiger partial charge < -0.3 is 4.74 Å². The minimum absolute atomic E-state index is 0.0135. The lowest BCUT2D eigenvalue weighted by Gasteiger charge is -2.09. The molecule has 0 N–H and O–H groups in total. The molecule has 0 aliphatic carbocycles. The number of carbonyl (C=O) groups is 2. The third-order valence-electron chi connectivity index (χ3n) is 2.31. The van der Waals surface area contributed by atoms with E-state index >= 15 is 0 Å². The Hall–Kier alpha value is -1.64. The van der Waals surface area contributed by atoms with Crippen LogP contribution in [0.2, 0.25) is 0 Å². The third-order valence-corrected chi connectivity index (χ3v) is 2.31. The average Bonchev–Trinajstić information content (AvgIpc) is 2.25. The molecule has 0 atom stereocenters. The number of rotatable bonds is 5. The normalized spacial score (nSPS) is 10.2. The summed E-state index contributed by atoms with van der Waals surface area (Å²) in [6.45, 7) is 5.65. The predicted octanol–water partition coefficient (Wildman–Crippen LogP) is 2.41. The first kappa shape index (κ1) is 12.4. The fourth-order valence-electron chi connectivity index (χ4n) is 1.44. The van der Waals surface area contributed by atoms with E-state index in [4.69, 9.17) is 4.74 Å². The molecule has 0 amide bonds. The van der Waals surface area contributed by atoms with Crippen LogP contribution in [0.25, 0.3) is 0 Å². The Morgan fingerprint density at radius 2 is 2.12 bits per heavy atom. The van der Waals surface area contributed by atoms with Crippen LogP contribution in [0.5, 0.6) is 5.75 Å². The molecule has 0 spiro atoms. The van der Waals surface area contributed by atoms with E-state index in [1.54, 1.807) is 18.2 Å². The summed E-state index contributed by atoms with van der Waals surface area (Å²) in [6.07, 6.45) is 0.697. The van der Waals surface area contributed by atoms with E-state index in [0.717, 1.165) is 5.56 Å². The lowest BCUT2D eigenvalue weighted by Crippen LogP contribution is -2.09. The zero-order valence-corrected chi connectivity index (χ0v) is 9.82. The van der Waals surface area contributed by atoms with Crippen molar-refractivity contribution in [2.75, 3.05) is 6.61 Å². The van der Waals surface area contributed by atoms with Crippen molar-refractivity contribution < 1.29 is 14.3 Å². The molecule has 0 fully saturated rings. The molecule has 86 valence electrons. The van der Waals surface area contributed by atoms with Crippen LogP contribution in [0.1, 0.15) is 29.8 Å². The largest absolute Gasteiger partial charge is 0.486 e. The van der Waals surface area contributed by atoms with Crippen molar-refractivity contribution in [2.24, 2.45) is 5.92 Å². The molecule has 0 aromatic heterocycles. The summed E-state index contributed by atoms with van der Waals surface area (Å²) in [7, 11) is 0. The van der Waals surface area contributed by atoms with Crippen LogP contribution >= 0.6 is 0 Å². The van der Waals surface area contributed by atoms with Gasteiger partial charge in [0.2, 0.25) is 0 Å². The monoisotopic (exact) mass is 220 g/mol. The molecule has 0 heterocycles. The molecule has 16 heavy (non-hydrogen) atoms. The van der Waals surface area contributed by atoms with Gasteiger partial charge in [-0.3, -0.25) is 9.59 Å². The molecule has 3 nitrogen and oxygen atoms in total. The topological polar surface area (TPSA) is 43.4 Å². The molecular weight excluding hydrogens is 204 g/mol. The lowest BCUT2D eigenvalue weighted by molar-refractivity contribution is -0.109. The van der Waals surface area contributed by atoms with E-state index in [1.807, 2.05) is 20.8 Å². The zero-order chi connectivity index (χ0) is 12.1. The number of aryl methyl sites for hydroxylation is 1. The maximum Gasteiger partial charge on any atom is 0.165 e. The highest BCUT2D eigenvalue weighted by Gasteiger charge is 2.13. The first-order valence-corrected chi connectivity index (χ1v) is 5.27. The van der Waals surface area contributed by atoms with Gasteiger partial charge in [0.1, 0.15) is 12.4 Å². The first-order valence-electron chi connectivity index (χ1n) is 5.27. The fourth-order valence-corrected chi connectivity index (χ4v) is 1.44. The van der Waals surface area contributed by atoms with Crippen LogP contribution < -0.4 is 4.74 Å². The summed E-state index contributed by atoms with van der Waals surface area (Å²) >= 11 is 0. The number of aldehydes is 1. The fraction of sp³-hybridized carbons (Fsp3) is 0.385. The summed E-state index contributed by atoms with van der Waals surface area (Å²) in [5.74, 6) is 0.727. The Bertz CT molecular complexity index is 394. The second-order valence-electron chi connectivity index (χ2n) is 3.97. The summed E-state index contributed by atoms with van der Waals surface area (Å²) in [5, 5.41) is 0. The van der Waals surface area contributed by atoms with Crippen LogP contribution in [-0.4, -0.2) is 18.7 Å². The maximum atomic E-state index is 11.8. The van der Waals surface area contributed by atoms with Gasteiger partial charge in [0.15, 0.2) is 12.1 Å². The van der Waals surface area contributed by atoms with Gasteiger partial charge in [-0.25, -0.2) is 0 Å². The predicted molar refractivity (Wildman–Crippen MR) is 61.9 cm³/mol. The molecule has 0 bridgehead atoms. The summed E-state index contributed by atoms with van der Waals surface area (Å²) < 4.78 is 5.15. The van der Waals surface area contributed by atoms with E-state index in [2.05, 4.69) is 0 Å². The molecule has 0 radical (unpaired) electrons. The minimum Gasteiger partial charge on any atom is -0.486 e. The van der Waals surface area contributed by atoms with Gasteiger partial charge in [-0.05, 0) is 30.7 Å². The van der Waals surface area contributed by atoms with Crippen LogP contribution in [0.3, 0.4) is 0 Å². The molecule has 3 heteroatoms. The molecule has 0 aliphatic rings. The number of hydrogen-bond acceptors (Lipinski definition) is 3. The standard InChI is InChI=1S/C13H16O3/c1-9(2)13(15)12-5-4-11(8-10(12)3)16-7-6-14/h4-6,8-9H,7H2,1-3H3. The molecule has 0 aliphatic heterocycles. The number of benzene rings is 1. The Balaban J connectivity index is 2.91. The highest BCUT2D eigenvalue weighted by Crippen LogP contribution is 2.19. The Kier molecular flexibility index (Phi) is 4.23. The Morgan fingerprint density at radius 1 is 1.44 bits per heavy atom. The van der Waals surface area contributed by atoms with Gasteiger partial charge >= 0.3 is 0 Å². The number of carbonyl (C=O) groups excluding carboxylic acids is 2. The number of hydrogen-bond donors (Lipinski definition) is 0. The second kappa shape index (κ2) is 5.45. The van der Waals surface area contributed by atoms with Crippen molar-refractivity contribution >= 4 is 12.1 Å². The summed E-state index contributed by atoms with van der Waals surface area (Å²) in [5.41, 5.74) is 1.59. The van der Waals surface area contributed by atoms with Crippen LogP contribution in [0, 0.1) is 12.8 Å². The van der Waals surface area contributed by atoms with Gasteiger partial charge in [0, 0.05) is 11.5 Å². The molecule has 0 saturated heterocycles. The van der Waals surface area contributed by atoms with Crippen molar-refractivity contribution in [1.82, 2.24) is 0 Å². The van der Waals surface area contributed by atoms with Gasteiger partial charge in [-0.1, -0.05) is 13.8 Å². The highest BCUT2D eigenvalue weighted by molar-refractivity contribution is 5.98. The van der Waals surface area contributed by atoms with E-state index in [9.17, 15) is 9.59 Å². The number of ketones is 1. The van der Waals surface area contributed by atoms with Crippen molar-refractivity contribution in [3.8, 4) is 5.75 Å². The molecule has 0 unspecified atom stereocenters. The minimum atomic E-state index is -0.0135. The smallest absolute Gasteiger partial charge is 0.165 e. The van der Waals surface area contributed by atoms with Gasteiger partial charge in [0.25, 0.3) is 0 Å². The van der Waals surface area contributed by atoms with Crippen LogP contribution in [0.4, 0.5) is 0 Å². The highest BCUT2D eigenvalue weighted by atomic mass is 16.5. The maximum absolute atomic E-state index is 11.8. The van der Waals surface area contributed by atoms with Crippen molar-refractivity contribution in [3.63, 3.8) is 0 Å². The van der Waals surface area contributed by atoms with Crippen LogP contribution in [-0.2, 0) is 4.79 Å². The number of Topliss-reactive ketones (excluding diaryl/α,β-unsaturated/α-hetero) is 1. The van der Waals surface area contributed by atoms with Crippen molar-refractivity contribution in [3.05, 3.63) is 29.3 Å². The Labute approximate surface area is 95.4 Å². The van der Waals surface area contributed by atoms with Gasteiger partial charge in [0.05, 0.1) is 0 Å². The number of ether oxygens (including phenoxy) is 1. The quantitative estimate of drug-likeness (QED) is 0.565. The molecule has 1 rings (SSSR count). The molecular formula is C13H16O3. The van der Waals surface area contributed by atoms with Crippen molar-refractivity contribution in [2.45, 2.75) is 20.8 Å². The van der Waals surface area contributed by atoms with E-state index in [0.29, 0.717) is 17.6 Å². The van der Waals surface area contributed by atoms with E-state index < -0.39 is 0 Å². The van der Waals surface area contributed by atoms with Crippen molar-refractivity contribution in [1.29, 1.82) is 0 Å². The average molecular weight is 220 g/mol. The molecule has 1 aromatic carbocycles. The van der Waals surface area contributed by atoms with Gasteiger partial charge in [-0.15, -0.1) is 0 Å². The first-order chi connectivity index (χ1) is 7.56. The van der Waals surface area contributed by atoms with Gasteiger partial charge in [-0.2, -0.15) is 0 Å². The Morgan fingerprint density at radius 3 is 2.62 bits per heavy atom. The van der Waals surface area contributed by atoms with E-state index in [1.165, 1.54) is 0 Å². The third kappa shape index (κ3) is 2.92.